The molecule has 0 spiro atoms. The largest absolute Gasteiger partial charge is 0.341 e. The molecule has 0 bridgehead atoms. The molecule has 1 aromatic heterocycles. The van der Waals surface area contributed by atoms with Crippen LogP contribution in [0.4, 0.5) is 0 Å². The lowest BCUT2D eigenvalue weighted by Gasteiger charge is -2.06. The first-order valence-electron chi connectivity index (χ1n) is 7.84. The molecule has 2 N–H and O–H groups in total. The molecule has 3 heteroatoms. The van der Waals surface area contributed by atoms with Gasteiger partial charge in [0.25, 0.3) is 0 Å². The van der Waals surface area contributed by atoms with Gasteiger partial charge in [0.05, 0.1) is 17.9 Å². The van der Waals surface area contributed by atoms with Crippen LogP contribution in [0.2, 0.25) is 0 Å². The van der Waals surface area contributed by atoms with Gasteiger partial charge >= 0.3 is 0 Å². The molecule has 0 radical (unpaired) electrons. The van der Waals surface area contributed by atoms with Crippen molar-refractivity contribution < 1.29 is 0 Å². The van der Waals surface area contributed by atoms with E-state index in [1.807, 2.05) is 12.3 Å². The van der Waals surface area contributed by atoms with Crippen LogP contribution in [0.5, 0.6) is 0 Å². The van der Waals surface area contributed by atoms with Gasteiger partial charge in [-0.3, -0.25) is 0 Å². The monoisotopic (exact) mass is 289 g/mol. The Labute approximate surface area is 130 Å². The number of rotatable bonds is 3. The minimum absolute atomic E-state index is 0.386. The molecular formula is C19H19N3. The van der Waals surface area contributed by atoms with Gasteiger partial charge in [0.1, 0.15) is 5.82 Å². The standard InChI is InChI=1S/C19H19N3/c1-2-5-14(6-3-1)15-8-10-16(11-9-15)18-13-21-19(22-18)17-7-4-12-20-17/h1-3,5-6,8-11,13,17,20H,4,7,12H2,(H,21,22)/t17-/m0/s1. The number of aromatic nitrogens is 2. The fourth-order valence-electron chi connectivity index (χ4n) is 3.05. The molecule has 2 heterocycles. The second-order valence-electron chi connectivity index (χ2n) is 5.77. The van der Waals surface area contributed by atoms with Crippen LogP contribution in [-0.4, -0.2) is 16.5 Å². The molecule has 0 aliphatic carbocycles. The van der Waals surface area contributed by atoms with Gasteiger partial charge in [-0.1, -0.05) is 54.6 Å². The maximum Gasteiger partial charge on any atom is 0.123 e. The van der Waals surface area contributed by atoms with Gasteiger partial charge in [0.15, 0.2) is 0 Å². The number of hydrogen-bond acceptors (Lipinski definition) is 2. The van der Waals surface area contributed by atoms with Crippen LogP contribution in [0.1, 0.15) is 24.7 Å². The number of nitrogens with zero attached hydrogens (tertiary/aromatic N) is 1. The van der Waals surface area contributed by atoms with E-state index in [9.17, 15) is 0 Å². The third-order valence-electron chi connectivity index (χ3n) is 4.29. The van der Waals surface area contributed by atoms with E-state index in [2.05, 4.69) is 63.8 Å². The third-order valence-corrected chi connectivity index (χ3v) is 4.29. The predicted octanol–water partition coefficient (Wildman–Crippen LogP) is 4.17. The first kappa shape index (κ1) is 13.3. The van der Waals surface area contributed by atoms with E-state index in [1.165, 1.54) is 29.5 Å². The van der Waals surface area contributed by atoms with Crippen LogP contribution in [0.3, 0.4) is 0 Å². The van der Waals surface area contributed by atoms with E-state index < -0.39 is 0 Å². The Morgan fingerprint density at radius 2 is 1.59 bits per heavy atom. The Kier molecular flexibility index (Phi) is 3.49. The molecule has 110 valence electrons. The highest BCUT2D eigenvalue weighted by Crippen LogP contribution is 2.26. The second-order valence-corrected chi connectivity index (χ2v) is 5.77. The molecule has 1 aliphatic rings. The van der Waals surface area contributed by atoms with Crippen LogP contribution in [0.15, 0.2) is 60.8 Å². The van der Waals surface area contributed by atoms with E-state index >= 15 is 0 Å². The quantitative estimate of drug-likeness (QED) is 0.760. The van der Waals surface area contributed by atoms with Crippen molar-refractivity contribution in [2.45, 2.75) is 18.9 Å². The van der Waals surface area contributed by atoms with E-state index in [0.29, 0.717) is 6.04 Å². The Morgan fingerprint density at radius 1 is 0.864 bits per heavy atom. The molecule has 2 aromatic carbocycles. The van der Waals surface area contributed by atoms with Crippen molar-refractivity contribution >= 4 is 0 Å². The number of H-pyrrole nitrogens is 1. The summed E-state index contributed by atoms with van der Waals surface area (Å²) in [6, 6.07) is 19.5. The summed E-state index contributed by atoms with van der Waals surface area (Å²) in [5.74, 6) is 1.06. The van der Waals surface area contributed by atoms with E-state index in [0.717, 1.165) is 18.1 Å². The summed E-state index contributed by atoms with van der Waals surface area (Å²) < 4.78 is 0. The summed E-state index contributed by atoms with van der Waals surface area (Å²) in [4.78, 5) is 7.99. The highest BCUT2D eigenvalue weighted by Gasteiger charge is 2.19. The van der Waals surface area contributed by atoms with Crippen molar-refractivity contribution in [1.29, 1.82) is 0 Å². The number of benzene rings is 2. The number of hydrogen-bond donors (Lipinski definition) is 2. The first-order chi connectivity index (χ1) is 10.9. The third kappa shape index (κ3) is 2.55. The summed E-state index contributed by atoms with van der Waals surface area (Å²) >= 11 is 0. The zero-order valence-electron chi connectivity index (χ0n) is 12.4. The van der Waals surface area contributed by atoms with Gasteiger partial charge in [0.2, 0.25) is 0 Å². The van der Waals surface area contributed by atoms with Crippen LogP contribution in [0, 0.1) is 0 Å². The van der Waals surface area contributed by atoms with Gasteiger partial charge in [-0.2, -0.15) is 0 Å². The summed E-state index contributed by atoms with van der Waals surface area (Å²) in [7, 11) is 0. The lowest BCUT2D eigenvalue weighted by Crippen LogP contribution is -2.14. The molecule has 0 saturated carbocycles. The number of aromatic amines is 1. The molecule has 22 heavy (non-hydrogen) atoms. The van der Waals surface area contributed by atoms with Crippen molar-refractivity contribution in [2.75, 3.05) is 6.54 Å². The van der Waals surface area contributed by atoms with Crippen molar-refractivity contribution in [2.24, 2.45) is 0 Å². The topological polar surface area (TPSA) is 40.7 Å². The molecule has 4 rings (SSSR count). The highest BCUT2D eigenvalue weighted by molar-refractivity contribution is 5.68. The number of imidazole rings is 1. The van der Waals surface area contributed by atoms with Crippen molar-refractivity contribution in [3.63, 3.8) is 0 Å². The molecule has 1 saturated heterocycles. The normalized spacial score (nSPS) is 17.7. The average Bonchev–Trinajstić information content (AvgIpc) is 3.27. The summed E-state index contributed by atoms with van der Waals surface area (Å²) in [5.41, 5.74) is 4.75. The Balaban J connectivity index is 1.58. The Bertz CT molecular complexity index is 738. The summed E-state index contributed by atoms with van der Waals surface area (Å²) in [6.45, 7) is 1.09. The van der Waals surface area contributed by atoms with Crippen LogP contribution in [0.25, 0.3) is 22.4 Å². The zero-order valence-corrected chi connectivity index (χ0v) is 12.4. The Morgan fingerprint density at radius 3 is 2.32 bits per heavy atom. The van der Waals surface area contributed by atoms with Gasteiger partial charge in [-0.05, 0) is 36.1 Å². The summed E-state index contributed by atoms with van der Waals surface area (Å²) in [6.07, 6.45) is 4.33. The van der Waals surface area contributed by atoms with Gasteiger partial charge in [0, 0.05) is 0 Å². The van der Waals surface area contributed by atoms with Crippen LogP contribution >= 0.6 is 0 Å². The van der Waals surface area contributed by atoms with Gasteiger partial charge in [-0.25, -0.2) is 4.98 Å². The molecule has 3 nitrogen and oxygen atoms in total. The SMILES string of the molecule is c1ccc(-c2ccc(-c3cnc([C@@H]4CCCN4)[nH]3)cc2)cc1. The highest BCUT2D eigenvalue weighted by atomic mass is 15.0. The maximum atomic E-state index is 4.54. The van der Waals surface area contributed by atoms with E-state index in [4.69, 9.17) is 0 Å². The van der Waals surface area contributed by atoms with Gasteiger partial charge < -0.3 is 10.3 Å². The summed E-state index contributed by atoms with van der Waals surface area (Å²) in [5, 5.41) is 3.47. The van der Waals surface area contributed by atoms with Crippen molar-refractivity contribution in [3.05, 3.63) is 66.6 Å². The van der Waals surface area contributed by atoms with Crippen LogP contribution < -0.4 is 5.32 Å². The molecular weight excluding hydrogens is 270 g/mol. The molecule has 0 unspecified atom stereocenters. The lowest BCUT2D eigenvalue weighted by molar-refractivity contribution is 0.613. The minimum Gasteiger partial charge on any atom is -0.341 e. The smallest absolute Gasteiger partial charge is 0.123 e. The van der Waals surface area contributed by atoms with Crippen molar-refractivity contribution in [3.8, 4) is 22.4 Å². The minimum atomic E-state index is 0.386. The Hall–Kier alpha value is -2.39. The second kappa shape index (κ2) is 5.78. The van der Waals surface area contributed by atoms with Crippen LogP contribution in [-0.2, 0) is 0 Å². The predicted molar refractivity (Wildman–Crippen MR) is 89.4 cm³/mol. The van der Waals surface area contributed by atoms with Crippen molar-refractivity contribution in [1.82, 2.24) is 15.3 Å². The zero-order chi connectivity index (χ0) is 14.8. The molecule has 1 fully saturated rings. The number of nitrogens with one attached hydrogen (secondary N) is 2. The lowest BCUT2D eigenvalue weighted by atomic mass is 10.0. The molecule has 0 amide bonds. The fraction of sp³-hybridized carbons (Fsp3) is 0.211. The van der Waals surface area contributed by atoms with Gasteiger partial charge in [-0.15, -0.1) is 0 Å². The van der Waals surface area contributed by atoms with E-state index in [-0.39, 0.29) is 0 Å². The molecule has 3 aromatic rings. The van der Waals surface area contributed by atoms with E-state index in [1.54, 1.807) is 0 Å². The maximum absolute atomic E-state index is 4.54. The average molecular weight is 289 g/mol. The first-order valence-corrected chi connectivity index (χ1v) is 7.84. The molecule has 1 atom stereocenters. The molecule has 1 aliphatic heterocycles. The fourth-order valence-corrected chi connectivity index (χ4v) is 3.05.